The molecule has 146 valence electrons. The van der Waals surface area contributed by atoms with E-state index < -0.39 is 41.9 Å². The van der Waals surface area contributed by atoms with E-state index >= 15 is 0 Å². The lowest BCUT2D eigenvalue weighted by Crippen LogP contribution is -2.43. The molecule has 6 nitrogen and oxygen atoms in total. The lowest BCUT2D eigenvalue weighted by Gasteiger charge is -2.22. The molecule has 2 amide bonds. The monoisotopic (exact) mass is 388 g/mol. The summed E-state index contributed by atoms with van der Waals surface area (Å²) in [5.74, 6) is -1.83. The molecule has 0 spiro atoms. The number of carboxylic acid groups (broad SMARTS) is 1. The summed E-state index contributed by atoms with van der Waals surface area (Å²) in [6, 6.07) is -0.814. The van der Waals surface area contributed by atoms with Gasteiger partial charge in [0.2, 0.25) is 0 Å². The third-order valence-corrected chi connectivity index (χ3v) is 2.90. The highest BCUT2D eigenvalue weighted by Gasteiger charge is 2.42. The summed E-state index contributed by atoms with van der Waals surface area (Å²) >= 11 is 0. The maximum Gasteiger partial charge on any atom is 0.573 e. The highest BCUT2D eigenvalue weighted by atomic mass is 19.4. The maximum atomic E-state index is 13.1. The Balaban J connectivity index is 2.75. The largest absolute Gasteiger partial charge is 0.573 e. The molecule has 0 aliphatic carbocycles. The third-order valence-electron chi connectivity index (χ3n) is 2.90. The zero-order valence-electron chi connectivity index (χ0n) is 12.9. The van der Waals surface area contributed by atoms with E-state index in [4.69, 9.17) is 5.11 Å². The van der Waals surface area contributed by atoms with Crippen LogP contribution < -0.4 is 15.4 Å². The van der Waals surface area contributed by atoms with Crippen molar-refractivity contribution < 1.29 is 45.8 Å². The smallest absolute Gasteiger partial charge is 0.481 e. The second-order valence-electron chi connectivity index (χ2n) is 4.99. The first kappa shape index (κ1) is 21.4. The van der Waals surface area contributed by atoms with Crippen molar-refractivity contribution in [3.63, 3.8) is 0 Å². The molecule has 0 aliphatic rings. The van der Waals surface area contributed by atoms with Crippen LogP contribution in [0.15, 0.2) is 24.3 Å². The summed E-state index contributed by atoms with van der Waals surface area (Å²) in [4.78, 5) is 21.8. The number of benzene rings is 1. The number of nitrogens with one attached hydrogen (secondary N) is 2. The van der Waals surface area contributed by atoms with Crippen molar-refractivity contribution in [2.75, 3.05) is 6.54 Å². The molecule has 1 rings (SSSR count). The number of halogens is 6. The zero-order valence-corrected chi connectivity index (χ0v) is 12.9. The van der Waals surface area contributed by atoms with Gasteiger partial charge in [0, 0.05) is 13.0 Å². The third kappa shape index (κ3) is 7.94. The Morgan fingerprint density at radius 3 is 2.12 bits per heavy atom. The molecular formula is C14H14F6N2O4. The lowest BCUT2D eigenvalue weighted by atomic mass is 10.1. The molecule has 0 aliphatic heterocycles. The fourth-order valence-electron chi connectivity index (χ4n) is 1.84. The molecule has 0 radical (unpaired) electrons. The number of rotatable bonds is 7. The van der Waals surface area contributed by atoms with Gasteiger partial charge < -0.3 is 20.5 Å². The number of hydrogen-bond donors (Lipinski definition) is 3. The first-order valence-corrected chi connectivity index (χ1v) is 7.07. The SMILES string of the molecule is O=C(O)CCCNC(=O)NC(c1ccc(OC(F)(F)F)cc1)C(F)(F)F. The Bertz CT molecular complexity index is 615. The predicted molar refractivity (Wildman–Crippen MR) is 75.3 cm³/mol. The molecule has 0 aromatic heterocycles. The second-order valence-corrected chi connectivity index (χ2v) is 4.99. The number of carbonyl (C=O) groups is 2. The highest BCUT2D eigenvalue weighted by Crippen LogP contribution is 2.34. The van der Waals surface area contributed by atoms with Crippen LogP contribution in [0.3, 0.4) is 0 Å². The van der Waals surface area contributed by atoms with E-state index in [-0.39, 0.29) is 19.4 Å². The Labute approximate surface area is 143 Å². The Hall–Kier alpha value is -2.66. The van der Waals surface area contributed by atoms with E-state index in [2.05, 4.69) is 10.1 Å². The summed E-state index contributed by atoms with van der Waals surface area (Å²) in [7, 11) is 0. The Kier molecular flexibility index (Phi) is 7.10. The van der Waals surface area contributed by atoms with Crippen LogP contribution in [0, 0.1) is 0 Å². The van der Waals surface area contributed by atoms with Crippen molar-refractivity contribution in [2.45, 2.75) is 31.4 Å². The number of alkyl halides is 6. The number of carbonyl (C=O) groups excluding carboxylic acids is 1. The first-order valence-electron chi connectivity index (χ1n) is 7.07. The van der Waals surface area contributed by atoms with E-state index in [1.807, 2.05) is 0 Å². The maximum absolute atomic E-state index is 13.1. The number of amides is 2. The molecule has 0 fully saturated rings. The number of hydrogen-bond acceptors (Lipinski definition) is 3. The molecule has 1 aromatic rings. The molecule has 1 unspecified atom stereocenters. The van der Waals surface area contributed by atoms with Crippen molar-refractivity contribution >= 4 is 12.0 Å². The molecule has 12 heteroatoms. The standard InChI is InChI=1S/C14H14F6N2O4/c15-13(16,17)11(22-12(25)21-7-1-2-10(23)24)8-3-5-9(6-4-8)26-14(18,19)20/h3-6,11H,1-2,7H2,(H,23,24)(H2,21,22,25). The van der Waals surface area contributed by atoms with Crippen molar-refractivity contribution in [3.8, 4) is 5.75 Å². The van der Waals surface area contributed by atoms with Crippen LogP contribution in [0.1, 0.15) is 24.4 Å². The van der Waals surface area contributed by atoms with Crippen molar-refractivity contribution in [1.82, 2.24) is 10.6 Å². The normalized spacial score (nSPS) is 13.0. The van der Waals surface area contributed by atoms with Crippen LogP contribution in [-0.2, 0) is 4.79 Å². The van der Waals surface area contributed by atoms with E-state index in [0.717, 1.165) is 12.1 Å². The number of urea groups is 1. The summed E-state index contributed by atoms with van der Waals surface area (Å²) in [5.41, 5.74) is -0.507. The van der Waals surface area contributed by atoms with Crippen LogP contribution >= 0.6 is 0 Å². The average Bonchev–Trinajstić information content (AvgIpc) is 2.47. The van der Waals surface area contributed by atoms with Gasteiger partial charge in [0.25, 0.3) is 0 Å². The summed E-state index contributed by atoms with van der Waals surface area (Å²) in [6.45, 7) is -0.166. The van der Waals surface area contributed by atoms with Gasteiger partial charge in [0.05, 0.1) is 0 Å². The molecule has 0 bridgehead atoms. The van der Waals surface area contributed by atoms with Gasteiger partial charge in [-0.3, -0.25) is 4.79 Å². The van der Waals surface area contributed by atoms with Gasteiger partial charge in [0.15, 0.2) is 6.04 Å². The predicted octanol–water partition coefficient (Wildman–Crippen LogP) is 3.35. The van der Waals surface area contributed by atoms with Gasteiger partial charge in [0.1, 0.15) is 5.75 Å². The quantitative estimate of drug-likeness (QED) is 0.494. The van der Waals surface area contributed by atoms with Crippen LogP contribution in [-0.4, -0.2) is 36.2 Å². The zero-order chi connectivity index (χ0) is 20.0. The van der Waals surface area contributed by atoms with E-state index in [9.17, 15) is 35.9 Å². The Morgan fingerprint density at radius 2 is 1.65 bits per heavy atom. The minimum Gasteiger partial charge on any atom is -0.481 e. The molecular weight excluding hydrogens is 374 g/mol. The van der Waals surface area contributed by atoms with Gasteiger partial charge >= 0.3 is 24.5 Å². The Morgan fingerprint density at radius 1 is 1.08 bits per heavy atom. The average molecular weight is 388 g/mol. The summed E-state index contributed by atoms with van der Waals surface area (Å²) < 4.78 is 79.0. The molecule has 0 saturated heterocycles. The number of ether oxygens (including phenoxy) is 1. The molecule has 26 heavy (non-hydrogen) atoms. The fraction of sp³-hybridized carbons (Fsp3) is 0.429. The summed E-state index contributed by atoms with van der Waals surface area (Å²) in [5, 5.41) is 12.1. The van der Waals surface area contributed by atoms with Crippen LogP contribution in [0.2, 0.25) is 0 Å². The van der Waals surface area contributed by atoms with Gasteiger partial charge in [-0.2, -0.15) is 13.2 Å². The fourth-order valence-corrected chi connectivity index (χ4v) is 1.84. The number of aliphatic carboxylic acids is 1. The number of carboxylic acids is 1. The first-order chi connectivity index (χ1) is 11.9. The van der Waals surface area contributed by atoms with Gasteiger partial charge in [-0.05, 0) is 24.1 Å². The van der Waals surface area contributed by atoms with Crippen LogP contribution in [0.25, 0.3) is 0 Å². The minimum atomic E-state index is -4.99. The van der Waals surface area contributed by atoms with Crippen LogP contribution in [0.5, 0.6) is 5.75 Å². The van der Waals surface area contributed by atoms with Gasteiger partial charge in [-0.15, -0.1) is 13.2 Å². The van der Waals surface area contributed by atoms with E-state index in [0.29, 0.717) is 12.1 Å². The summed E-state index contributed by atoms with van der Waals surface area (Å²) in [6.07, 6.45) is -10.2. The van der Waals surface area contributed by atoms with E-state index in [1.165, 1.54) is 0 Å². The molecule has 3 N–H and O–H groups in total. The lowest BCUT2D eigenvalue weighted by molar-refractivity contribution is -0.274. The minimum absolute atomic E-state index is 0.0168. The van der Waals surface area contributed by atoms with E-state index in [1.54, 1.807) is 5.32 Å². The van der Waals surface area contributed by atoms with Crippen LogP contribution in [0.4, 0.5) is 31.1 Å². The van der Waals surface area contributed by atoms with Gasteiger partial charge in [-0.1, -0.05) is 12.1 Å². The van der Waals surface area contributed by atoms with Gasteiger partial charge in [-0.25, -0.2) is 4.79 Å². The van der Waals surface area contributed by atoms with Crippen molar-refractivity contribution in [3.05, 3.63) is 29.8 Å². The molecule has 0 heterocycles. The molecule has 1 aromatic carbocycles. The van der Waals surface area contributed by atoms with Crippen molar-refractivity contribution in [1.29, 1.82) is 0 Å². The second kappa shape index (κ2) is 8.63. The molecule has 1 atom stereocenters. The van der Waals surface area contributed by atoms with Crippen molar-refractivity contribution in [2.24, 2.45) is 0 Å². The highest BCUT2D eigenvalue weighted by molar-refractivity contribution is 5.74. The topological polar surface area (TPSA) is 87.7 Å². The molecule has 0 saturated carbocycles.